The molecule has 0 atom stereocenters. The second-order valence-electron chi connectivity index (χ2n) is 4.23. The van der Waals surface area contributed by atoms with Gasteiger partial charge in [-0.2, -0.15) is 10.1 Å². The molecule has 0 aliphatic rings. The quantitative estimate of drug-likeness (QED) is 0.833. The van der Waals surface area contributed by atoms with Crippen molar-refractivity contribution < 1.29 is 32.7 Å². The molecular formula is C14H16N5Y-. The summed E-state index contributed by atoms with van der Waals surface area (Å²) in [5.41, 5.74) is 9.69. The molecule has 0 aliphatic carbocycles. The minimum atomic E-state index is 0. The number of aromatic nitrogens is 3. The second-order valence-corrected chi connectivity index (χ2v) is 4.23. The Labute approximate surface area is 143 Å². The molecule has 1 radical (unpaired) electrons. The molecule has 0 aliphatic heterocycles. The van der Waals surface area contributed by atoms with Crippen LogP contribution in [0.5, 0.6) is 0 Å². The Balaban J connectivity index is 0.00000200. The van der Waals surface area contributed by atoms with E-state index in [1.54, 1.807) is 17.8 Å². The average molecular weight is 343 g/mol. The normalized spacial score (nSPS) is 9.70. The van der Waals surface area contributed by atoms with E-state index in [9.17, 15) is 0 Å². The van der Waals surface area contributed by atoms with Crippen LogP contribution in [-0.4, -0.2) is 14.8 Å². The zero-order valence-corrected chi connectivity index (χ0v) is 14.5. The molecule has 6 heteroatoms. The molecule has 1 aromatic carbocycles. The van der Waals surface area contributed by atoms with Crippen molar-refractivity contribution in [1.82, 2.24) is 14.8 Å². The molecule has 20 heavy (non-hydrogen) atoms. The van der Waals surface area contributed by atoms with E-state index in [1.165, 1.54) is 6.33 Å². The van der Waals surface area contributed by atoms with Gasteiger partial charge in [0, 0.05) is 45.5 Å². The van der Waals surface area contributed by atoms with E-state index in [2.05, 4.69) is 34.6 Å². The van der Waals surface area contributed by atoms with Crippen molar-refractivity contribution in [1.29, 1.82) is 0 Å². The first-order valence-corrected chi connectivity index (χ1v) is 5.77. The Bertz CT molecular complexity index is 645. The maximum Gasteiger partial charge on any atom is 0.225 e. The number of nitrogens with one attached hydrogen (secondary N) is 1. The molecule has 5 nitrogen and oxygen atoms in total. The van der Waals surface area contributed by atoms with E-state index in [1.807, 2.05) is 13.0 Å². The van der Waals surface area contributed by atoms with Gasteiger partial charge < -0.3 is 11.1 Å². The van der Waals surface area contributed by atoms with Crippen LogP contribution in [0.4, 0.5) is 5.95 Å². The monoisotopic (exact) mass is 343 g/mol. The molecule has 0 fully saturated rings. The van der Waals surface area contributed by atoms with E-state index in [-0.39, 0.29) is 32.7 Å². The summed E-state index contributed by atoms with van der Waals surface area (Å²) < 4.78 is 1.64. The van der Waals surface area contributed by atoms with Crippen molar-refractivity contribution in [2.45, 2.75) is 6.92 Å². The fraction of sp³-hybridized carbons (Fsp3) is 0.143. The van der Waals surface area contributed by atoms with Crippen molar-refractivity contribution in [2.75, 3.05) is 5.32 Å². The summed E-state index contributed by atoms with van der Waals surface area (Å²) in [6.45, 7) is 9.73. The minimum Gasteiger partial charge on any atom is -0.436 e. The van der Waals surface area contributed by atoms with Gasteiger partial charge in [-0.15, -0.1) is 35.9 Å². The predicted molar refractivity (Wildman–Crippen MR) is 76.9 cm³/mol. The first-order valence-electron chi connectivity index (χ1n) is 5.77. The van der Waals surface area contributed by atoms with Gasteiger partial charge in [-0.3, -0.25) is 0 Å². The fourth-order valence-electron chi connectivity index (χ4n) is 1.85. The summed E-state index contributed by atoms with van der Waals surface area (Å²) in [5.74, 6) is 0.630. The summed E-state index contributed by atoms with van der Waals surface area (Å²) in [4.78, 5) is 4.10. The molecule has 0 saturated carbocycles. The van der Waals surface area contributed by atoms with Gasteiger partial charge in [-0.05, 0) is 0 Å². The Morgan fingerprint density at radius 2 is 2.15 bits per heavy atom. The maximum atomic E-state index is 5.74. The topological polar surface area (TPSA) is 68.8 Å². The van der Waals surface area contributed by atoms with E-state index in [0.29, 0.717) is 11.6 Å². The molecular weight excluding hydrogens is 327 g/mol. The van der Waals surface area contributed by atoms with Crippen LogP contribution in [-0.2, 0) is 39.8 Å². The molecule has 101 valence electrons. The smallest absolute Gasteiger partial charge is 0.225 e. The van der Waals surface area contributed by atoms with Crippen molar-refractivity contribution >= 4 is 17.3 Å². The summed E-state index contributed by atoms with van der Waals surface area (Å²) in [6.07, 6.45) is 1.48. The molecule has 0 unspecified atom stereocenters. The molecule has 2 aromatic rings. The molecule has 0 saturated heterocycles. The molecule has 2 rings (SSSR count). The van der Waals surface area contributed by atoms with Crippen molar-refractivity contribution in [3.05, 3.63) is 54.4 Å². The zero-order valence-electron chi connectivity index (χ0n) is 11.6. The van der Waals surface area contributed by atoms with Gasteiger partial charge in [0.15, 0.2) is 0 Å². The second kappa shape index (κ2) is 6.82. The first-order chi connectivity index (χ1) is 9.00. The van der Waals surface area contributed by atoms with Gasteiger partial charge in [0.2, 0.25) is 5.95 Å². The third kappa shape index (κ3) is 3.35. The standard InChI is InChI=1S/C14H16N5.Y/c1-9-12(10(2)15)6-5-7-13(9)11(3)18-14-16-8-17-19(14)4;/h5,7-8H,2-3,15H2,1,4H3,(H,16,17,18);/q-1;. The van der Waals surface area contributed by atoms with Crippen molar-refractivity contribution in [2.24, 2.45) is 12.8 Å². The number of rotatable bonds is 4. The summed E-state index contributed by atoms with van der Waals surface area (Å²) in [6, 6.07) is 6.80. The van der Waals surface area contributed by atoms with Gasteiger partial charge in [0.05, 0.1) is 0 Å². The van der Waals surface area contributed by atoms with Crippen LogP contribution in [0.15, 0.2) is 31.6 Å². The summed E-state index contributed by atoms with van der Waals surface area (Å²) in [7, 11) is 1.81. The van der Waals surface area contributed by atoms with E-state index < -0.39 is 0 Å². The van der Waals surface area contributed by atoms with E-state index in [4.69, 9.17) is 5.73 Å². The van der Waals surface area contributed by atoms with Crippen LogP contribution < -0.4 is 11.1 Å². The van der Waals surface area contributed by atoms with Crippen LogP contribution >= 0.6 is 0 Å². The Hall–Kier alpha value is -1.46. The van der Waals surface area contributed by atoms with Crippen molar-refractivity contribution in [3.63, 3.8) is 0 Å². The molecule has 1 aromatic heterocycles. The average Bonchev–Trinajstić information content (AvgIpc) is 2.74. The third-order valence-corrected chi connectivity index (χ3v) is 2.88. The van der Waals surface area contributed by atoms with Gasteiger partial charge in [0.1, 0.15) is 6.33 Å². The largest absolute Gasteiger partial charge is 0.436 e. The van der Waals surface area contributed by atoms with E-state index >= 15 is 0 Å². The van der Waals surface area contributed by atoms with Gasteiger partial charge in [0.25, 0.3) is 0 Å². The minimum absolute atomic E-state index is 0. The number of nitrogens with two attached hydrogens (primary N) is 1. The van der Waals surface area contributed by atoms with Crippen LogP contribution in [0.3, 0.4) is 0 Å². The predicted octanol–water partition coefficient (Wildman–Crippen LogP) is 1.93. The molecule has 0 bridgehead atoms. The Morgan fingerprint density at radius 3 is 2.70 bits per heavy atom. The number of aryl methyl sites for hydroxylation is 1. The van der Waals surface area contributed by atoms with Crippen molar-refractivity contribution in [3.8, 4) is 0 Å². The zero-order chi connectivity index (χ0) is 14.0. The fourth-order valence-corrected chi connectivity index (χ4v) is 1.85. The maximum absolute atomic E-state index is 5.74. The van der Waals surface area contributed by atoms with Crippen LogP contribution in [0.2, 0.25) is 0 Å². The number of benzene rings is 1. The number of hydrogen-bond donors (Lipinski definition) is 2. The number of anilines is 1. The number of hydrogen-bond acceptors (Lipinski definition) is 4. The summed E-state index contributed by atoms with van der Waals surface area (Å²) >= 11 is 0. The Morgan fingerprint density at radius 1 is 1.45 bits per heavy atom. The first kappa shape index (κ1) is 16.6. The van der Waals surface area contributed by atoms with Crippen LogP contribution in [0, 0.1) is 13.0 Å². The van der Waals surface area contributed by atoms with Gasteiger partial charge in [-0.25, -0.2) is 4.68 Å². The SMILES string of the molecule is C=C(N)c1[c-]ccc(C(=C)Nc2ncnn2C)c1C.[Y]. The molecule has 1 heterocycles. The van der Waals surface area contributed by atoms with Crippen LogP contribution in [0.1, 0.15) is 16.7 Å². The number of nitrogens with zero attached hydrogens (tertiary/aromatic N) is 3. The van der Waals surface area contributed by atoms with E-state index in [0.717, 1.165) is 22.4 Å². The molecule has 0 spiro atoms. The Kier molecular flexibility index (Phi) is 5.66. The molecule has 0 amide bonds. The molecule has 3 N–H and O–H groups in total. The van der Waals surface area contributed by atoms with Gasteiger partial charge >= 0.3 is 0 Å². The van der Waals surface area contributed by atoms with Crippen LogP contribution in [0.25, 0.3) is 11.4 Å². The van der Waals surface area contributed by atoms with Gasteiger partial charge in [-0.1, -0.05) is 24.8 Å². The third-order valence-electron chi connectivity index (χ3n) is 2.88. The summed E-state index contributed by atoms with van der Waals surface area (Å²) in [5, 5.41) is 7.12.